The van der Waals surface area contributed by atoms with E-state index in [9.17, 15) is 20.0 Å². The number of carbonyl (C=O) groups is 1. The molecule has 8 nitrogen and oxygen atoms in total. The van der Waals surface area contributed by atoms with Gasteiger partial charge in [0.1, 0.15) is 18.5 Å². The molecule has 0 saturated carbocycles. The summed E-state index contributed by atoms with van der Waals surface area (Å²) in [5.41, 5.74) is 1.03. The van der Waals surface area contributed by atoms with E-state index in [1.54, 1.807) is 12.1 Å². The average Bonchev–Trinajstić information content (AvgIpc) is 2.77. The number of hydrogen-bond acceptors (Lipinski definition) is 6. The minimum atomic E-state index is -0.715. The number of nitro groups is 1. The summed E-state index contributed by atoms with van der Waals surface area (Å²) in [6.07, 6.45) is 0.783. The molecule has 1 heterocycles. The van der Waals surface area contributed by atoms with Crippen LogP contribution >= 0.6 is 0 Å². The topological polar surface area (TPSA) is 105 Å². The summed E-state index contributed by atoms with van der Waals surface area (Å²) < 4.78 is 5.49. The van der Waals surface area contributed by atoms with Gasteiger partial charge in [0, 0.05) is 25.1 Å². The number of non-ortho nitro benzene ring substituents is 1. The highest BCUT2D eigenvalue weighted by Gasteiger charge is 2.26. The van der Waals surface area contributed by atoms with E-state index in [1.165, 1.54) is 12.1 Å². The maximum Gasteiger partial charge on any atom is 0.273 e. The lowest BCUT2D eigenvalue weighted by Gasteiger charge is -2.32. The minimum Gasteiger partial charge on any atom is -0.491 e. The van der Waals surface area contributed by atoms with Gasteiger partial charge in [-0.1, -0.05) is 36.4 Å². The highest BCUT2D eigenvalue weighted by molar-refractivity contribution is 5.78. The first-order valence-corrected chi connectivity index (χ1v) is 10.1. The molecule has 0 radical (unpaired) electrons. The first-order valence-electron chi connectivity index (χ1n) is 10.1. The molecular weight excluding hydrogens is 386 g/mol. The van der Waals surface area contributed by atoms with Crippen molar-refractivity contribution in [3.05, 3.63) is 70.3 Å². The molecule has 3 rings (SSSR count). The summed E-state index contributed by atoms with van der Waals surface area (Å²) in [4.78, 5) is 24.8. The average molecular weight is 413 g/mol. The Labute approximate surface area is 175 Å². The van der Waals surface area contributed by atoms with Crippen molar-refractivity contribution in [2.45, 2.75) is 25.5 Å². The zero-order valence-electron chi connectivity index (χ0n) is 16.8. The van der Waals surface area contributed by atoms with Gasteiger partial charge < -0.3 is 20.1 Å². The van der Waals surface area contributed by atoms with Crippen LogP contribution in [0.25, 0.3) is 0 Å². The lowest BCUT2D eigenvalue weighted by Crippen LogP contribution is -2.44. The van der Waals surface area contributed by atoms with Crippen LogP contribution in [-0.2, 0) is 11.3 Å². The summed E-state index contributed by atoms with van der Waals surface area (Å²) in [5, 5.41) is 24.1. The molecule has 1 aliphatic rings. The Kier molecular flexibility index (Phi) is 7.75. The van der Waals surface area contributed by atoms with Gasteiger partial charge in [-0.2, -0.15) is 0 Å². The molecule has 8 heteroatoms. The molecule has 0 spiro atoms. The second-order valence-corrected chi connectivity index (χ2v) is 7.50. The van der Waals surface area contributed by atoms with Crippen LogP contribution in [0.2, 0.25) is 0 Å². The second-order valence-electron chi connectivity index (χ2n) is 7.50. The Hall–Kier alpha value is -2.97. The molecule has 2 N–H and O–H groups in total. The van der Waals surface area contributed by atoms with E-state index in [4.69, 9.17) is 4.74 Å². The van der Waals surface area contributed by atoms with Crippen LogP contribution in [0, 0.1) is 16.0 Å². The number of ether oxygens (including phenoxy) is 1. The Morgan fingerprint density at radius 3 is 2.63 bits per heavy atom. The van der Waals surface area contributed by atoms with Crippen molar-refractivity contribution >= 4 is 11.6 Å². The maximum absolute atomic E-state index is 12.4. The van der Waals surface area contributed by atoms with Crippen molar-refractivity contribution in [3.63, 3.8) is 0 Å². The zero-order chi connectivity index (χ0) is 21.3. The number of nitrogens with one attached hydrogen (secondary N) is 1. The van der Waals surface area contributed by atoms with Crippen molar-refractivity contribution in [2.24, 2.45) is 5.92 Å². The van der Waals surface area contributed by atoms with Gasteiger partial charge >= 0.3 is 0 Å². The number of amides is 1. The van der Waals surface area contributed by atoms with E-state index in [0.717, 1.165) is 31.5 Å². The molecule has 2 aromatic rings. The Morgan fingerprint density at radius 2 is 1.93 bits per heavy atom. The minimum absolute atomic E-state index is 0.0109. The molecule has 1 saturated heterocycles. The smallest absolute Gasteiger partial charge is 0.273 e. The predicted molar refractivity (Wildman–Crippen MR) is 112 cm³/mol. The molecule has 30 heavy (non-hydrogen) atoms. The number of nitrogens with zero attached hydrogens (tertiary/aromatic N) is 2. The largest absolute Gasteiger partial charge is 0.491 e. The molecule has 0 aromatic heterocycles. The molecule has 0 aliphatic carbocycles. The third-order valence-electron chi connectivity index (χ3n) is 5.21. The summed E-state index contributed by atoms with van der Waals surface area (Å²) in [6.45, 7) is 2.49. The van der Waals surface area contributed by atoms with Gasteiger partial charge in [-0.25, -0.2) is 0 Å². The number of β-amino-alcohol motifs (C(OH)–C–C–N with tert-alkyl or cyclic N) is 1. The standard InChI is InChI=1S/C22H27N3O5/c26-20(16-30-21-8-4-7-19(13-21)25(28)29)15-24-11-9-18(10-12-24)22(27)23-14-17-5-2-1-3-6-17/h1-8,13,18,20,26H,9-12,14-16H2,(H,23,27). The van der Waals surface area contributed by atoms with Gasteiger partial charge in [0.15, 0.2) is 0 Å². The van der Waals surface area contributed by atoms with Gasteiger partial charge in [0.05, 0.1) is 11.0 Å². The third kappa shape index (κ3) is 6.53. The fourth-order valence-corrected chi connectivity index (χ4v) is 3.54. The normalized spacial score (nSPS) is 16.0. The number of likely N-dealkylation sites (tertiary alicyclic amines) is 1. The van der Waals surface area contributed by atoms with Gasteiger partial charge in [0.2, 0.25) is 5.91 Å². The highest BCUT2D eigenvalue weighted by Crippen LogP contribution is 2.20. The van der Waals surface area contributed by atoms with E-state index in [-0.39, 0.29) is 24.1 Å². The van der Waals surface area contributed by atoms with Gasteiger partial charge in [-0.15, -0.1) is 0 Å². The summed E-state index contributed by atoms with van der Waals surface area (Å²) in [6, 6.07) is 15.7. The predicted octanol–water partition coefficient (Wildman–Crippen LogP) is 2.36. The van der Waals surface area contributed by atoms with E-state index < -0.39 is 11.0 Å². The molecule has 160 valence electrons. The number of rotatable bonds is 9. The molecule has 1 atom stereocenters. The van der Waals surface area contributed by atoms with E-state index in [0.29, 0.717) is 18.8 Å². The van der Waals surface area contributed by atoms with Crippen LogP contribution in [0.3, 0.4) is 0 Å². The van der Waals surface area contributed by atoms with Crippen LogP contribution in [0.4, 0.5) is 5.69 Å². The number of aliphatic hydroxyl groups is 1. The van der Waals surface area contributed by atoms with E-state index >= 15 is 0 Å². The van der Waals surface area contributed by atoms with Crippen molar-refractivity contribution < 1.29 is 19.6 Å². The number of carbonyl (C=O) groups excluding carboxylic acids is 1. The van der Waals surface area contributed by atoms with Gasteiger partial charge in [-0.05, 0) is 37.6 Å². The zero-order valence-corrected chi connectivity index (χ0v) is 16.8. The summed E-state index contributed by atoms with van der Waals surface area (Å²) in [7, 11) is 0. The number of nitro benzene ring substituents is 1. The number of aliphatic hydroxyl groups excluding tert-OH is 1. The number of piperidine rings is 1. The van der Waals surface area contributed by atoms with Crippen LogP contribution in [0.1, 0.15) is 18.4 Å². The van der Waals surface area contributed by atoms with Gasteiger partial charge in [0.25, 0.3) is 5.69 Å². The van der Waals surface area contributed by atoms with Crippen molar-refractivity contribution in [1.29, 1.82) is 0 Å². The SMILES string of the molecule is O=C(NCc1ccccc1)C1CCN(CC(O)COc2cccc([N+](=O)[O-])c2)CC1. The molecule has 0 bridgehead atoms. The first kappa shape index (κ1) is 21.7. The number of hydrogen-bond donors (Lipinski definition) is 2. The lowest BCUT2D eigenvalue weighted by molar-refractivity contribution is -0.384. The second kappa shape index (κ2) is 10.7. The Bertz CT molecular complexity index is 838. The number of benzene rings is 2. The van der Waals surface area contributed by atoms with E-state index in [2.05, 4.69) is 10.2 Å². The van der Waals surface area contributed by atoms with Gasteiger partial charge in [-0.3, -0.25) is 14.9 Å². The third-order valence-corrected chi connectivity index (χ3v) is 5.21. The fraction of sp³-hybridized carbons (Fsp3) is 0.409. The molecular formula is C22H27N3O5. The molecule has 1 aliphatic heterocycles. The van der Waals surface area contributed by atoms with Crippen molar-refractivity contribution in [1.82, 2.24) is 10.2 Å². The van der Waals surface area contributed by atoms with Crippen LogP contribution in [0.15, 0.2) is 54.6 Å². The fourth-order valence-electron chi connectivity index (χ4n) is 3.54. The van der Waals surface area contributed by atoms with Crippen LogP contribution in [-0.4, -0.2) is 53.2 Å². The maximum atomic E-state index is 12.4. The molecule has 2 aromatic carbocycles. The molecule has 1 fully saturated rings. The van der Waals surface area contributed by atoms with Crippen LogP contribution in [0.5, 0.6) is 5.75 Å². The summed E-state index contributed by atoms with van der Waals surface area (Å²) in [5.74, 6) is 0.424. The lowest BCUT2D eigenvalue weighted by atomic mass is 9.95. The first-order chi connectivity index (χ1) is 14.5. The summed E-state index contributed by atoms with van der Waals surface area (Å²) >= 11 is 0. The Balaban J connectivity index is 1.36. The van der Waals surface area contributed by atoms with Crippen LogP contribution < -0.4 is 10.1 Å². The van der Waals surface area contributed by atoms with Crippen molar-refractivity contribution in [3.8, 4) is 5.75 Å². The molecule has 1 unspecified atom stereocenters. The Morgan fingerprint density at radius 1 is 1.20 bits per heavy atom. The highest BCUT2D eigenvalue weighted by atomic mass is 16.6. The van der Waals surface area contributed by atoms with Crippen molar-refractivity contribution in [2.75, 3.05) is 26.2 Å². The monoisotopic (exact) mass is 413 g/mol. The molecule has 1 amide bonds. The quantitative estimate of drug-likeness (QED) is 0.483. The van der Waals surface area contributed by atoms with E-state index in [1.807, 2.05) is 30.3 Å².